The summed E-state index contributed by atoms with van der Waals surface area (Å²) in [4.78, 5) is 1.88. The Labute approximate surface area is 108 Å². The zero-order valence-corrected chi connectivity index (χ0v) is 11.8. The van der Waals surface area contributed by atoms with Crippen molar-refractivity contribution >= 4 is 0 Å². The van der Waals surface area contributed by atoms with Gasteiger partial charge in [0.1, 0.15) is 0 Å². The molecule has 100 valence electrons. The molecule has 17 heavy (non-hydrogen) atoms. The smallest absolute Gasteiger partial charge is 0.0848 e. The highest BCUT2D eigenvalue weighted by Crippen LogP contribution is 2.06. The van der Waals surface area contributed by atoms with Crippen molar-refractivity contribution in [3.63, 3.8) is 0 Å². The average molecular weight is 238 g/mol. The van der Waals surface area contributed by atoms with E-state index >= 15 is 0 Å². The van der Waals surface area contributed by atoms with Gasteiger partial charge in [-0.3, -0.25) is 0 Å². The molecular formula is C15H30N2. The number of nitrogens with zero attached hydrogens (tertiary/aromatic N) is 1. The van der Waals surface area contributed by atoms with E-state index < -0.39 is 0 Å². The Bertz CT molecular complexity index is 177. The molecule has 0 aliphatic carbocycles. The summed E-state index contributed by atoms with van der Waals surface area (Å²) in [6, 6.07) is 0.949. The van der Waals surface area contributed by atoms with Crippen LogP contribution in [0.2, 0.25) is 0 Å². The first-order chi connectivity index (χ1) is 8.34. The van der Waals surface area contributed by atoms with Gasteiger partial charge in [0.2, 0.25) is 0 Å². The van der Waals surface area contributed by atoms with Gasteiger partial charge < -0.3 is 16.7 Å². The molecule has 1 N–H and O–H groups in total. The maximum absolute atomic E-state index is 6.25. The summed E-state index contributed by atoms with van der Waals surface area (Å²) < 4.78 is 0. The molecule has 2 unspecified atom stereocenters. The monoisotopic (exact) mass is 238 g/mol. The summed E-state index contributed by atoms with van der Waals surface area (Å²) in [5, 5.41) is 6.25. The van der Waals surface area contributed by atoms with Gasteiger partial charge in [0, 0.05) is 12.8 Å². The number of hydrogen-bond acceptors (Lipinski definition) is 1. The Kier molecular flexibility index (Phi) is 11.5. The van der Waals surface area contributed by atoms with Crippen LogP contribution in [0.1, 0.15) is 71.6 Å². The molecule has 0 bridgehead atoms. The molecule has 1 saturated heterocycles. The van der Waals surface area contributed by atoms with Crippen molar-refractivity contribution in [2.45, 2.75) is 77.7 Å². The van der Waals surface area contributed by atoms with Crippen molar-refractivity contribution in [2.75, 3.05) is 13.1 Å². The van der Waals surface area contributed by atoms with Crippen molar-refractivity contribution in [3.05, 3.63) is 6.57 Å². The van der Waals surface area contributed by atoms with Crippen LogP contribution in [0.4, 0.5) is 0 Å². The maximum Gasteiger partial charge on any atom is 0.0848 e. The molecule has 2 atom stereocenters. The molecule has 0 radical (unpaired) electrons. The van der Waals surface area contributed by atoms with Crippen LogP contribution in [0.5, 0.6) is 0 Å². The molecule has 1 fully saturated rings. The molecule has 0 spiro atoms. The second kappa shape index (κ2) is 11.9. The Balaban J connectivity index is 0.00000121. The van der Waals surface area contributed by atoms with E-state index in [1.165, 1.54) is 70.9 Å². The minimum atomic E-state index is 0.949. The molecular weight excluding hydrogens is 208 g/mol. The van der Waals surface area contributed by atoms with Crippen LogP contribution in [-0.4, -0.2) is 19.1 Å². The molecule has 1 aliphatic rings. The highest BCUT2D eigenvalue weighted by atomic mass is 15.2. The first-order valence-corrected chi connectivity index (χ1v) is 7.41. The molecule has 0 aromatic heterocycles. The van der Waals surface area contributed by atoms with Crippen LogP contribution >= 0.6 is 0 Å². The van der Waals surface area contributed by atoms with E-state index in [0.29, 0.717) is 0 Å². The number of nitrogens with one attached hydrogen (secondary N) is 1. The van der Waals surface area contributed by atoms with Gasteiger partial charge in [-0.2, -0.15) is 0 Å². The Morgan fingerprint density at radius 1 is 1.06 bits per heavy atom. The van der Waals surface area contributed by atoms with Gasteiger partial charge in [-0.15, -0.1) is 0 Å². The van der Waals surface area contributed by atoms with E-state index in [1.54, 1.807) is 0 Å². The molecule has 0 amide bonds. The third-order valence-electron chi connectivity index (χ3n) is 3.93. The van der Waals surface area contributed by atoms with Gasteiger partial charge in [-0.1, -0.05) is 39.0 Å². The van der Waals surface area contributed by atoms with Gasteiger partial charge in [0.15, 0.2) is 0 Å². The van der Waals surface area contributed by atoms with E-state index in [9.17, 15) is 0 Å². The minimum absolute atomic E-state index is 0.949. The lowest BCUT2D eigenvalue weighted by Crippen LogP contribution is -3.13. The predicted molar refractivity (Wildman–Crippen MR) is 72.4 cm³/mol. The zero-order valence-electron chi connectivity index (χ0n) is 11.8. The van der Waals surface area contributed by atoms with Crippen LogP contribution in [0.3, 0.4) is 0 Å². The molecule has 1 aliphatic heterocycles. The lowest BCUT2D eigenvalue weighted by Gasteiger charge is -2.17. The van der Waals surface area contributed by atoms with Crippen molar-refractivity contribution in [3.8, 4) is 0 Å². The quantitative estimate of drug-likeness (QED) is 0.511. The second-order valence-electron chi connectivity index (χ2n) is 5.32. The molecule has 1 heterocycles. The molecule has 0 aromatic carbocycles. The van der Waals surface area contributed by atoms with Crippen LogP contribution < -0.4 is 4.90 Å². The van der Waals surface area contributed by atoms with E-state index in [1.807, 2.05) is 4.90 Å². The fraction of sp³-hybridized carbons (Fsp3) is 0.933. The molecule has 0 saturated carbocycles. The Hall–Kier alpha value is -0.550. The van der Waals surface area contributed by atoms with Crippen molar-refractivity contribution in [1.82, 2.24) is 0 Å². The summed E-state index contributed by atoms with van der Waals surface area (Å²) in [6.45, 7) is 12.3. The van der Waals surface area contributed by atoms with Gasteiger partial charge in [-0.05, 0) is 19.8 Å². The molecule has 0 aromatic rings. The highest BCUT2D eigenvalue weighted by Gasteiger charge is 2.22. The van der Waals surface area contributed by atoms with E-state index in [4.69, 9.17) is 11.8 Å². The number of quaternary nitrogens is 1. The topological polar surface area (TPSA) is 28.2 Å². The van der Waals surface area contributed by atoms with Gasteiger partial charge in [0.25, 0.3) is 0 Å². The summed E-state index contributed by atoms with van der Waals surface area (Å²) in [5.74, 6) is 0. The maximum atomic E-state index is 6.25. The van der Waals surface area contributed by atoms with E-state index in [2.05, 4.69) is 13.8 Å². The summed E-state index contributed by atoms with van der Waals surface area (Å²) >= 11 is 0. The second-order valence-corrected chi connectivity index (χ2v) is 5.32. The third-order valence-corrected chi connectivity index (χ3v) is 3.93. The number of likely N-dealkylation sites (tertiary alicyclic amines) is 1. The summed E-state index contributed by atoms with van der Waals surface area (Å²) in [5.41, 5.74) is 0. The van der Waals surface area contributed by atoms with Crippen LogP contribution in [-0.2, 0) is 0 Å². The largest absolute Gasteiger partial charge is 0.512 e. The summed E-state index contributed by atoms with van der Waals surface area (Å²) in [7, 11) is 0. The van der Waals surface area contributed by atoms with Crippen LogP contribution in [0, 0.1) is 11.8 Å². The van der Waals surface area contributed by atoms with E-state index in [-0.39, 0.29) is 0 Å². The first kappa shape index (κ1) is 16.4. The van der Waals surface area contributed by atoms with Crippen LogP contribution in [0.25, 0.3) is 0 Å². The normalized spacial score (nSPS) is 23.1. The van der Waals surface area contributed by atoms with E-state index in [0.717, 1.165) is 6.04 Å². The number of hydrogen-bond donors (Lipinski definition) is 1. The van der Waals surface area contributed by atoms with Gasteiger partial charge in [-0.25, -0.2) is 0 Å². The SMILES string of the molecule is CCCCCCCCC[NH+]1CCCC1C.[C-]#N. The highest BCUT2D eigenvalue weighted by molar-refractivity contribution is 4.56. The molecule has 2 nitrogen and oxygen atoms in total. The van der Waals surface area contributed by atoms with Gasteiger partial charge >= 0.3 is 0 Å². The average Bonchev–Trinajstić information content (AvgIpc) is 2.77. The molecule has 1 rings (SSSR count). The minimum Gasteiger partial charge on any atom is -0.512 e. The first-order valence-electron chi connectivity index (χ1n) is 7.41. The van der Waals surface area contributed by atoms with Crippen molar-refractivity contribution < 1.29 is 4.90 Å². The fourth-order valence-corrected chi connectivity index (χ4v) is 2.77. The predicted octanol–water partition coefficient (Wildman–Crippen LogP) is 2.90. The third kappa shape index (κ3) is 8.21. The Morgan fingerprint density at radius 3 is 2.18 bits per heavy atom. The number of unbranched alkanes of at least 4 members (excludes halogenated alkanes) is 6. The fourth-order valence-electron chi connectivity index (χ4n) is 2.77. The zero-order chi connectivity index (χ0) is 12.9. The lowest BCUT2D eigenvalue weighted by atomic mass is 10.1. The lowest BCUT2D eigenvalue weighted by molar-refractivity contribution is -0.910. The van der Waals surface area contributed by atoms with Gasteiger partial charge in [0.05, 0.1) is 19.1 Å². The van der Waals surface area contributed by atoms with Crippen molar-refractivity contribution in [2.24, 2.45) is 0 Å². The Morgan fingerprint density at radius 2 is 1.65 bits per heavy atom. The van der Waals surface area contributed by atoms with Crippen LogP contribution in [0.15, 0.2) is 0 Å². The molecule has 2 heteroatoms. The standard InChI is InChI=1S/C14H29N.CN/c1-3-4-5-6-7-8-9-12-15-13-10-11-14(15)2;1-2/h14H,3-13H2,1-2H3;/q;-1/p+1. The summed E-state index contributed by atoms with van der Waals surface area (Å²) in [6.07, 6.45) is 13.1. The number of rotatable bonds is 8. The van der Waals surface area contributed by atoms with Crippen molar-refractivity contribution in [1.29, 1.82) is 5.26 Å².